The normalized spacial score (nSPS) is 23.5. The Morgan fingerprint density at radius 2 is 2.09 bits per heavy atom. The second-order valence-electron chi connectivity index (χ2n) is 6.57. The SMILES string of the molecule is CN=C(NCCN(C)CCOC)NC1CN(C(C)C)CC1C. The van der Waals surface area contributed by atoms with Gasteiger partial charge in [0.05, 0.1) is 6.61 Å². The number of hydrogen-bond donors (Lipinski definition) is 2. The molecule has 0 aromatic rings. The number of rotatable bonds is 8. The van der Waals surface area contributed by atoms with Gasteiger partial charge in [-0.3, -0.25) is 9.89 Å². The summed E-state index contributed by atoms with van der Waals surface area (Å²) in [7, 11) is 5.68. The van der Waals surface area contributed by atoms with Gasteiger partial charge in [-0.05, 0) is 26.8 Å². The molecular weight excluding hydrogens is 278 g/mol. The topological polar surface area (TPSA) is 52.1 Å². The molecule has 2 unspecified atom stereocenters. The van der Waals surface area contributed by atoms with Crippen LogP contribution in [0.4, 0.5) is 0 Å². The molecule has 1 saturated heterocycles. The fourth-order valence-corrected chi connectivity index (χ4v) is 2.71. The third-order valence-electron chi connectivity index (χ3n) is 4.38. The summed E-state index contributed by atoms with van der Waals surface area (Å²) in [6, 6.07) is 1.08. The smallest absolute Gasteiger partial charge is 0.191 e. The maximum Gasteiger partial charge on any atom is 0.191 e. The van der Waals surface area contributed by atoms with Crippen LogP contribution in [0, 0.1) is 5.92 Å². The van der Waals surface area contributed by atoms with Crippen molar-refractivity contribution in [2.24, 2.45) is 10.9 Å². The van der Waals surface area contributed by atoms with E-state index in [1.165, 1.54) is 0 Å². The third kappa shape index (κ3) is 6.50. The van der Waals surface area contributed by atoms with Crippen LogP contribution >= 0.6 is 0 Å². The highest BCUT2D eigenvalue weighted by atomic mass is 16.5. The largest absolute Gasteiger partial charge is 0.383 e. The Bertz CT molecular complexity index is 334. The van der Waals surface area contributed by atoms with Crippen molar-refractivity contribution in [1.82, 2.24) is 20.4 Å². The van der Waals surface area contributed by atoms with Crippen molar-refractivity contribution >= 4 is 5.96 Å². The van der Waals surface area contributed by atoms with Gasteiger partial charge in [-0.25, -0.2) is 0 Å². The molecule has 6 heteroatoms. The number of likely N-dealkylation sites (tertiary alicyclic amines) is 1. The summed E-state index contributed by atoms with van der Waals surface area (Å²) in [6.07, 6.45) is 0. The van der Waals surface area contributed by atoms with E-state index in [1.807, 2.05) is 7.05 Å². The van der Waals surface area contributed by atoms with Gasteiger partial charge >= 0.3 is 0 Å². The van der Waals surface area contributed by atoms with Gasteiger partial charge < -0.3 is 20.3 Å². The van der Waals surface area contributed by atoms with Crippen LogP contribution in [0.5, 0.6) is 0 Å². The molecule has 0 aromatic carbocycles. The Hall–Kier alpha value is -0.850. The van der Waals surface area contributed by atoms with E-state index in [4.69, 9.17) is 4.74 Å². The van der Waals surface area contributed by atoms with E-state index in [0.717, 1.165) is 45.3 Å². The summed E-state index contributed by atoms with van der Waals surface area (Å²) in [6.45, 7) is 12.7. The van der Waals surface area contributed by atoms with Crippen molar-refractivity contribution in [3.05, 3.63) is 0 Å². The molecular formula is C16H35N5O. The standard InChI is InChI=1S/C16H35N5O/c1-13(2)21-11-14(3)15(12-21)19-16(17-4)18-7-8-20(5)9-10-22-6/h13-15H,7-12H2,1-6H3,(H2,17,18,19). The second-order valence-corrected chi connectivity index (χ2v) is 6.57. The van der Waals surface area contributed by atoms with Gasteiger partial charge in [-0.15, -0.1) is 0 Å². The molecule has 1 heterocycles. The van der Waals surface area contributed by atoms with Crippen LogP contribution in [-0.2, 0) is 4.74 Å². The highest BCUT2D eigenvalue weighted by Gasteiger charge is 2.31. The van der Waals surface area contributed by atoms with Crippen LogP contribution in [0.3, 0.4) is 0 Å². The summed E-state index contributed by atoms with van der Waals surface area (Å²) >= 11 is 0. The van der Waals surface area contributed by atoms with Crippen molar-refractivity contribution in [3.8, 4) is 0 Å². The van der Waals surface area contributed by atoms with Crippen molar-refractivity contribution in [2.45, 2.75) is 32.9 Å². The number of likely N-dealkylation sites (N-methyl/N-ethyl adjacent to an activating group) is 1. The summed E-state index contributed by atoms with van der Waals surface area (Å²) < 4.78 is 5.09. The minimum atomic E-state index is 0.472. The maximum atomic E-state index is 5.09. The average molecular weight is 313 g/mol. The van der Waals surface area contributed by atoms with Gasteiger partial charge in [0.2, 0.25) is 0 Å². The Kier molecular flexibility index (Phi) is 8.75. The lowest BCUT2D eigenvalue weighted by Gasteiger charge is -2.22. The molecule has 1 aliphatic heterocycles. The molecule has 0 aliphatic carbocycles. The van der Waals surface area contributed by atoms with Gasteiger partial charge in [-0.1, -0.05) is 6.92 Å². The van der Waals surface area contributed by atoms with Gasteiger partial charge in [0.1, 0.15) is 0 Å². The summed E-state index contributed by atoms with van der Waals surface area (Å²) in [5.74, 6) is 1.55. The average Bonchev–Trinajstić information content (AvgIpc) is 2.85. The van der Waals surface area contributed by atoms with E-state index >= 15 is 0 Å². The zero-order valence-electron chi connectivity index (χ0n) is 15.2. The van der Waals surface area contributed by atoms with Crippen LogP contribution in [0.25, 0.3) is 0 Å². The zero-order chi connectivity index (χ0) is 16.5. The van der Waals surface area contributed by atoms with Crippen molar-refractivity contribution < 1.29 is 4.74 Å². The fourth-order valence-electron chi connectivity index (χ4n) is 2.71. The van der Waals surface area contributed by atoms with E-state index in [-0.39, 0.29) is 0 Å². The van der Waals surface area contributed by atoms with Crippen LogP contribution in [-0.4, -0.2) is 88.4 Å². The lowest BCUT2D eigenvalue weighted by molar-refractivity contribution is 0.162. The summed E-state index contributed by atoms with van der Waals surface area (Å²) in [5, 5.41) is 6.98. The minimum absolute atomic E-state index is 0.472. The van der Waals surface area contributed by atoms with Crippen LogP contribution in [0.15, 0.2) is 4.99 Å². The first-order valence-electron chi connectivity index (χ1n) is 8.36. The van der Waals surface area contributed by atoms with Gasteiger partial charge in [0, 0.05) is 59.0 Å². The highest BCUT2D eigenvalue weighted by Crippen LogP contribution is 2.18. The predicted octanol–water partition coefficient (Wildman–Crippen LogP) is 0.458. The lowest BCUT2D eigenvalue weighted by Crippen LogP contribution is -2.48. The first kappa shape index (κ1) is 19.2. The minimum Gasteiger partial charge on any atom is -0.383 e. The number of hydrogen-bond acceptors (Lipinski definition) is 4. The van der Waals surface area contributed by atoms with E-state index in [9.17, 15) is 0 Å². The Morgan fingerprint density at radius 3 is 2.64 bits per heavy atom. The van der Waals surface area contributed by atoms with Gasteiger partial charge in [-0.2, -0.15) is 0 Å². The molecule has 0 aromatic heterocycles. The first-order chi connectivity index (χ1) is 10.5. The molecule has 0 amide bonds. The van der Waals surface area contributed by atoms with Crippen LogP contribution < -0.4 is 10.6 Å². The number of ether oxygens (including phenoxy) is 1. The summed E-state index contributed by atoms with van der Waals surface area (Å²) in [5.41, 5.74) is 0. The third-order valence-corrected chi connectivity index (χ3v) is 4.38. The molecule has 1 aliphatic rings. The van der Waals surface area contributed by atoms with Gasteiger partial charge in [0.25, 0.3) is 0 Å². The van der Waals surface area contributed by atoms with Crippen molar-refractivity contribution in [2.75, 3.05) is 60.5 Å². The fraction of sp³-hybridized carbons (Fsp3) is 0.938. The summed E-state index contributed by atoms with van der Waals surface area (Å²) in [4.78, 5) is 9.12. The number of methoxy groups -OCH3 is 1. The Balaban J connectivity index is 2.31. The quantitative estimate of drug-likeness (QED) is 0.504. The van der Waals surface area contributed by atoms with Crippen molar-refractivity contribution in [3.63, 3.8) is 0 Å². The molecule has 1 fully saturated rings. The monoisotopic (exact) mass is 313 g/mol. The van der Waals surface area contributed by atoms with E-state index in [0.29, 0.717) is 18.0 Å². The maximum absolute atomic E-state index is 5.09. The molecule has 0 bridgehead atoms. The highest BCUT2D eigenvalue weighted by molar-refractivity contribution is 5.80. The molecule has 0 spiro atoms. The lowest BCUT2D eigenvalue weighted by atomic mass is 10.1. The second kappa shape index (κ2) is 10.0. The molecule has 0 saturated carbocycles. The van der Waals surface area contributed by atoms with Crippen LogP contribution in [0.2, 0.25) is 0 Å². The molecule has 130 valence electrons. The molecule has 1 rings (SSSR count). The number of guanidine groups is 1. The molecule has 0 radical (unpaired) electrons. The number of aliphatic imine (C=N–C) groups is 1. The first-order valence-corrected chi connectivity index (χ1v) is 8.36. The van der Waals surface area contributed by atoms with E-state index < -0.39 is 0 Å². The zero-order valence-corrected chi connectivity index (χ0v) is 15.2. The van der Waals surface area contributed by atoms with Crippen LogP contribution in [0.1, 0.15) is 20.8 Å². The molecule has 2 N–H and O–H groups in total. The Morgan fingerprint density at radius 1 is 1.36 bits per heavy atom. The number of nitrogens with one attached hydrogen (secondary N) is 2. The molecule has 22 heavy (non-hydrogen) atoms. The van der Waals surface area contributed by atoms with Gasteiger partial charge in [0.15, 0.2) is 5.96 Å². The number of nitrogens with zero attached hydrogens (tertiary/aromatic N) is 3. The molecule has 6 nitrogen and oxygen atoms in total. The molecule has 2 atom stereocenters. The predicted molar refractivity (Wildman–Crippen MR) is 93.5 cm³/mol. The van der Waals surface area contributed by atoms with E-state index in [2.05, 4.69) is 53.2 Å². The van der Waals surface area contributed by atoms with Crippen molar-refractivity contribution in [1.29, 1.82) is 0 Å². The van der Waals surface area contributed by atoms with E-state index in [1.54, 1.807) is 7.11 Å². The Labute approximate surface area is 136 Å².